The molecule has 1 aliphatic carbocycles. The molecule has 38 heavy (non-hydrogen) atoms. The fourth-order valence-electron chi connectivity index (χ4n) is 5.46. The monoisotopic (exact) mass is 553 g/mol. The summed E-state index contributed by atoms with van der Waals surface area (Å²) in [6.07, 6.45) is 5.00. The van der Waals surface area contributed by atoms with Crippen molar-refractivity contribution >= 4 is 38.9 Å². The van der Waals surface area contributed by atoms with Gasteiger partial charge in [0.05, 0.1) is 23.2 Å². The molecule has 1 saturated heterocycles. The van der Waals surface area contributed by atoms with Crippen LogP contribution in [0.2, 0.25) is 0 Å². The van der Waals surface area contributed by atoms with Crippen LogP contribution in [0.3, 0.4) is 0 Å². The predicted molar refractivity (Wildman–Crippen MR) is 148 cm³/mol. The lowest BCUT2D eigenvalue weighted by Crippen LogP contribution is -2.63. The molecule has 2 N–H and O–H groups in total. The van der Waals surface area contributed by atoms with Gasteiger partial charge >= 0.3 is 5.97 Å². The summed E-state index contributed by atoms with van der Waals surface area (Å²) < 4.78 is 26.2. The van der Waals surface area contributed by atoms with Crippen LogP contribution >= 0.6 is 11.3 Å². The van der Waals surface area contributed by atoms with Gasteiger partial charge in [0, 0.05) is 11.4 Å². The van der Waals surface area contributed by atoms with E-state index < -0.39 is 16.0 Å². The third-order valence-electron chi connectivity index (χ3n) is 7.33. The minimum Gasteiger partial charge on any atom is -0.477 e. The third-order valence-corrected chi connectivity index (χ3v) is 9.89. The van der Waals surface area contributed by atoms with Crippen LogP contribution in [-0.2, 0) is 14.8 Å². The van der Waals surface area contributed by atoms with Gasteiger partial charge in [0.25, 0.3) is 10.0 Å². The molecule has 1 aromatic heterocycles. The Balaban J connectivity index is 1.49. The maximum Gasteiger partial charge on any atom is 0.348 e. The van der Waals surface area contributed by atoms with Crippen molar-refractivity contribution in [3.8, 4) is 10.4 Å². The highest BCUT2D eigenvalue weighted by Crippen LogP contribution is 2.41. The number of carbonyl (C=O) groups is 2. The first-order valence-corrected chi connectivity index (χ1v) is 15.1. The van der Waals surface area contributed by atoms with E-state index in [-0.39, 0.29) is 40.7 Å². The first kappa shape index (κ1) is 26.6. The van der Waals surface area contributed by atoms with Gasteiger partial charge in [0.1, 0.15) is 4.88 Å². The van der Waals surface area contributed by atoms with Crippen LogP contribution in [0.5, 0.6) is 0 Å². The lowest BCUT2D eigenvalue weighted by Gasteiger charge is -2.45. The lowest BCUT2D eigenvalue weighted by atomic mass is 9.82. The summed E-state index contributed by atoms with van der Waals surface area (Å²) in [6, 6.07) is 17.5. The number of nitrogens with zero attached hydrogens (tertiary/aromatic N) is 2. The van der Waals surface area contributed by atoms with Crippen molar-refractivity contribution in [2.75, 3.05) is 18.0 Å². The van der Waals surface area contributed by atoms with Crippen LogP contribution in [0.4, 0.5) is 5.69 Å². The molecule has 0 spiro atoms. The molecule has 1 aliphatic heterocycles. The Bertz CT molecular complexity index is 1410. The van der Waals surface area contributed by atoms with Crippen LogP contribution in [0, 0.1) is 12.8 Å². The Morgan fingerprint density at radius 2 is 1.71 bits per heavy atom. The molecule has 5 rings (SSSR count). The van der Waals surface area contributed by atoms with Crippen molar-refractivity contribution in [2.24, 2.45) is 5.92 Å². The Labute approximate surface area is 226 Å². The van der Waals surface area contributed by atoms with Crippen LogP contribution in [-0.4, -0.2) is 49.5 Å². The number of aryl methyl sites for hydroxylation is 1. The molecule has 2 heterocycles. The fraction of sp³-hybridized carbons (Fsp3) is 0.357. The number of anilines is 1. The standard InChI is InChI=1S/C28H31N3O5S2/c1-19-12-14-22(15-13-19)38(35,36)29-30-17-24(20-8-4-2-5-9-20)31(26(32)18-30)23-16-25(37-27(23)28(33)34)21-10-6-3-7-11-21/h3,6-7,10-16,20,24,29H,2,4-5,8-9,17-18H2,1H3,(H,33,34)/t24-/m0/s1. The molecule has 3 aromatic rings. The Morgan fingerprint density at radius 3 is 2.37 bits per heavy atom. The van der Waals surface area contributed by atoms with E-state index in [1.807, 2.05) is 37.3 Å². The smallest absolute Gasteiger partial charge is 0.348 e. The van der Waals surface area contributed by atoms with Crippen LogP contribution in [0.1, 0.15) is 47.3 Å². The minimum absolute atomic E-state index is 0.117. The Morgan fingerprint density at radius 1 is 1.03 bits per heavy atom. The summed E-state index contributed by atoms with van der Waals surface area (Å²) in [6.45, 7) is 1.97. The first-order valence-electron chi connectivity index (χ1n) is 12.8. The average molecular weight is 554 g/mol. The summed E-state index contributed by atoms with van der Waals surface area (Å²) in [5.74, 6) is -1.26. The maximum atomic E-state index is 13.7. The van der Waals surface area contributed by atoms with E-state index in [0.717, 1.165) is 59.4 Å². The molecule has 0 radical (unpaired) electrons. The highest BCUT2D eigenvalue weighted by atomic mass is 32.2. The van der Waals surface area contributed by atoms with Crippen molar-refractivity contribution in [3.63, 3.8) is 0 Å². The van der Waals surface area contributed by atoms with Crippen LogP contribution < -0.4 is 9.73 Å². The second-order valence-corrected chi connectivity index (χ2v) is 12.7. The summed E-state index contributed by atoms with van der Waals surface area (Å²) >= 11 is 1.16. The highest BCUT2D eigenvalue weighted by Gasteiger charge is 2.41. The molecule has 1 atom stereocenters. The van der Waals surface area contributed by atoms with E-state index >= 15 is 0 Å². The number of piperazine rings is 1. The van der Waals surface area contributed by atoms with Gasteiger partial charge in [-0.15, -0.1) is 16.2 Å². The van der Waals surface area contributed by atoms with Gasteiger partial charge in [-0.05, 0) is 49.4 Å². The number of carboxylic acids is 1. The number of hydrogen-bond acceptors (Lipinski definition) is 6. The zero-order valence-corrected chi connectivity index (χ0v) is 22.8. The maximum absolute atomic E-state index is 13.7. The van der Waals surface area contributed by atoms with Crippen molar-refractivity contribution < 1.29 is 23.1 Å². The van der Waals surface area contributed by atoms with Crippen LogP contribution in [0.15, 0.2) is 65.6 Å². The fourth-order valence-corrected chi connectivity index (χ4v) is 7.53. The van der Waals surface area contributed by atoms with Crippen molar-refractivity contribution in [1.82, 2.24) is 9.84 Å². The second-order valence-electron chi connectivity index (χ2n) is 10.0. The number of hydrogen-bond donors (Lipinski definition) is 2. The van der Waals surface area contributed by atoms with Gasteiger partial charge in [-0.25, -0.2) is 18.2 Å². The topological polar surface area (TPSA) is 107 Å². The normalized spacial score (nSPS) is 19.6. The summed E-state index contributed by atoms with van der Waals surface area (Å²) in [5, 5.41) is 11.5. The summed E-state index contributed by atoms with van der Waals surface area (Å²) in [7, 11) is -3.88. The van der Waals surface area contributed by atoms with Gasteiger partial charge in [0.2, 0.25) is 5.91 Å². The first-order chi connectivity index (χ1) is 18.2. The molecular weight excluding hydrogens is 522 g/mol. The average Bonchev–Trinajstić information content (AvgIpc) is 3.35. The molecule has 2 aromatic carbocycles. The van der Waals surface area contributed by atoms with E-state index in [9.17, 15) is 23.1 Å². The molecule has 1 saturated carbocycles. The predicted octanol–water partition coefficient (Wildman–Crippen LogP) is 4.91. The van der Waals surface area contributed by atoms with E-state index in [2.05, 4.69) is 4.83 Å². The number of sulfonamides is 1. The van der Waals surface area contributed by atoms with E-state index in [4.69, 9.17) is 0 Å². The van der Waals surface area contributed by atoms with Crippen molar-refractivity contribution in [2.45, 2.75) is 50.0 Å². The minimum atomic E-state index is -3.88. The second kappa shape index (κ2) is 11.0. The zero-order chi connectivity index (χ0) is 26.9. The van der Waals surface area contributed by atoms with E-state index in [1.165, 1.54) is 5.01 Å². The molecule has 2 fully saturated rings. The zero-order valence-electron chi connectivity index (χ0n) is 21.2. The number of carbonyl (C=O) groups excluding carboxylic acids is 1. The molecule has 1 amide bonds. The summed E-state index contributed by atoms with van der Waals surface area (Å²) in [5.41, 5.74) is 2.23. The molecule has 200 valence electrons. The highest BCUT2D eigenvalue weighted by molar-refractivity contribution is 7.89. The van der Waals surface area contributed by atoms with Crippen LogP contribution in [0.25, 0.3) is 10.4 Å². The Hall–Kier alpha value is -3.05. The van der Waals surface area contributed by atoms with Crippen molar-refractivity contribution in [1.29, 1.82) is 0 Å². The van der Waals surface area contributed by atoms with Gasteiger partial charge in [-0.2, -0.15) is 0 Å². The number of aromatic carboxylic acids is 1. The number of carboxylic acid groups (broad SMARTS) is 1. The van der Waals surface area contributed by atoms with Gasteiger partial charge in [-0.1, -0.05) is 67.3 Å². The van der Waals surface area contributed by atoms with Crippen molar-refractivity contribution in [3.05, 3.63) is 71.1 Å². The number of hydrazine groups is 1. The number of nitrogens with one attached hydrogen (secondary N) is 1. The van der Waals surface area contributed by atoms with Gasteiger partial charge in [-0.3, -0.25) is 4.79 Å². The number of amides is 1. The molecular formula is C28H31N3O5S2. The number of thiophene rings is 1. The number of benzene rings is 2. The van der Waals surface area contributed by atoms with E-state index in [0.29, 0.717) is 5.69 Å². The molecule has 8 nitrogen and oxygen atoms in total. The van der Waals surface area contributed by atoms with Gasteiger partial charge < -0.3 is 10.0 Å². The lowest BCUT2D eigenvalue weighted by molar-refractivity contribution is -0.123. The molecule has 0 bridgehead atoms. The number of rotatable bonds is 7. The summed E-state index contributed by atoms with van der Waals surface area (Å²) in [4.78, 5) is 31.3. The molecule has 10 heteroatoms. The quantitative estimate of drug-likeness (QED) is 0.431. The molecule has 0 unspecified atom stereocenters. The third kappa shape index (κ3) is 5.54. The van der Waals surface area contributed by atoms with Gasteiger partial charge in [0.15, 0.2) is 0 Å². The molecule has 2 aliphatic rings. The SMILES string of the molecule is Cc1ccc(S(=O)(=O)NN2CC(=O)N(c3cc(-c4ccccc4)sc3C(=O)O)[C@H](C3CCCCC3)C2)cc1. The van der Waals surface area contributed by atoms with E-state index in [1.54, 1.807) is 35.2 Å². The Kier molecular flexibility index (Phi) is 7.67. The largest absolute Gasteiger partial charge is 0.477 e.